The van der Waals surface area contributed by atoms with E-state index in [0.29, 0.717) is 6.54 Å². The Morgan fingerprint density at radius 1 is 1.16 bits per heavy atom. The summed E-state index contributed by atoms with van der Waals surface area (Å²) in [6, 6.07) is 14.0. The van der Waals surface area contributed by atoms with Crippen molar-refractivity contribution < 1.29 is 9.15 Å². The monoisotopic (exact) mass is 550 g/mol. The number of guanidine groups is 1. The van der Waals surface area contributed by atoms with Gasteiger partial charge in [0.25, 0.3) is 0 Å². The Balaban J connectivity index is 0.00000289. The maximum Gasteiger partial charge on any atom is 0.191 e. The maximum atomic E-state index is 5.70. The minimum Gasteiger partial charge on any atom is -0.497 e. The Labute approximate surface area is 206 Å². The van der Waals surface area contributed by atoms with Gasteiger partial charge in [-0.2, -0.15) is 5.10 Å². The van der Waals surface area contributed by atoms with Crippen molar-refractivity contribution in [3.8, 4) is 11.4 Å². The van der Waals surface area contributed by atoms with E-state index in [-0.39, 0.29) is 30.0 Å². The number of nitrogens with zero attached hydrogens (tertiary/aromatic N) is 4. The van der Waals surface area contributed by atoms with Gasteiger partial charge in [0.05, 0.1) is 37.3 Å². The van der Waals surface area contributed by atoms with E-state index in [4.69, 9.17) is 9.15 Å². The van der Waals surface area contributed by atoms with Crippen LogP contribution in [-0.4, -0.2) is 54.4 Å². The molecule has 32 heavy (non-hydrogen) atoms. The van der Waals surface area contributed by atoms with Crippen LogP contribution < -0.4 is 15.4 Å². The van der Waals surface area contributed by atoms with Gasteiger partial charge in [0.15, 0.2) is 5.96 Å². The molecule has 4 rings (SSSR count). The second-order valence-corrected chi connectivity index (χ2v) is 7.53. The zero-order chi connectivity index (χ0) is 21.5. The van der Waals surface area contributed by atoms with E-state index in [0.717, 1.165) is 48.5 Å². The first kappa shape index (κ1) is 24.1. The van der Waals surface area contributed by atoms with Gasteiger partial charge in [-0.3, -0.25) is 9.89 Å². The summed E-state index contributed by atoms with van der Waals surface area (Å²) in [5.74, 6) is 2.56. The van der Waals surface area contributed by atoms with Crippen molar-refractivity contribution in [1.29, 1.82) is 0 Å². The van der Waals surface area contributed by atoms with Gasteiger partial charge < -0.3 is 19.8 Å². The van der Waals surface area contributed by atoms with Crippen LogP contribution in [0.2, 0.25) is 0 Å². The maximum absolute atomic E-state index is 5.70. The molecule has 1 fully saturated rings. The largest absolute Gasteiger partial charge is 0.497 e. The third-order valence-corrected chi connectivity index (χ3v) is 5.56. The molecule has 3 heterocycles. The molecular weight excluding hydrogens is 519 g/mol. The number of likely N-dealkylation sites (tertiary alicyclic amines) is 1. The van der Waals surface area contributed by atoms with Crippen molar-refractivity contribution in [2.45, 2.75) is 25.4 Å². The summed E-state index contributed by atoms with van der Waals surface area (Å²) in [6.45, 7) is 3.51. The summed E-state index contributed by atoms with van der Waals surface area (Å²) >= 11 is 0. The van der Waals surface area contributed by atoms with Gasteiger partial charge in [-0.1, -0.05) is 0 Å². The summed E-state index contributed by atoms with van der Waals surface area (Å²) in [5.41, 5.74) is 1.92. The fourth-order valence-electron chi connectivity index (χ4n) is 3.87. The highest BCUT2D eigenvalue weighted by molar-refractivity contribution is 14.0. The quantitative estimate of drug-likeness (QED) is 0.254. The van der Waals surface area contributed by atoms with Crippen LogP contribution in [0.1, 0.15) is 30.3 Å². The molecule has 1 atom stereocenters. The molecule has 0 bridgehead atoms. The van der Waals surface area contributed by atoms with Crippen LogP contribution in [0.15, 0.2) is 64.3 Å². The lowest BCUT2D eigenvalue weighted by atomic mass is 10.2. The van der Waals surface area contributed by atoms with Crippen LogP contribution in [-0.2, 0) is 6.54 Å². The van der Waals surface area contributed by atoms with Crippen molar-refractivity contribution >= 4 is 29.9 Å². The van der Waals surface area contributed by atoms with Crippen LogP contribution in [0.5, 0.6) is 5.75 Å². The topological polar surface area (TPSA) is 79.8 Å². The summed E-state index contributed by atoms with van der Waals surface area (Å²) in [4.78, 5) is 6.83. The van der Waals surface area contributed by atoms with Gasteiger partial charge in [0, 0.05) is 19.8 Å². The smallest absolute Gasteiger partial charge is 0.191 e. The Bertz CT molecular complexity index is 965. The van der Waals surface area contributed by atoms with Crippen LogP contribution in [0.4, 0.5) is 0 Å². The highest BCUT2D eigenvalue weighted by Gasteiger charge is 2.25. The first-order valence-electron chi connectivity index (χ1n) is 10.7. The SMILES string of the molecule is CN=C(NCc1ccn(-c2ccc(OC)cc2)n1)NCC(c1ccco1)N1CCCC1.I. The molecule has 172 valence electrons. The summed E-state index contributed by atoms with van der Waals surface area (Å²) in [6.07, 6.45) is 6.17. The van der Waals surface area contributed by atoms with Gasteiger partial charge in [-0.15, -0.1) is 24.0 Å². The molecule has 1 saturated heterocycles. The fourth-order valence-corrected chi connectivity index (χ4v) is 3.87. The molecule has 0 aliphatic carbocycles. The van der Waals surface area contributed by atoms with Crippen molar-refractivity contribution in [3.63, 3.8) is 0 Å². The fraction of sp³-hybridized carbons (Fsp3) is 0.391. The first-order valence-corrected chi connectivity index (χ1v) is 10.7. The molecule has 3 aromatic rings. The molecule has 8 nitrogen and oxygen atoms in total. The van der Waals surface area contributed by atoms with E-state index in [1.54, 1.807) is 20.4 Å². The van der Waals surface area contributed by atoms with Crippen LogP contribution in [0, 0.1) is 0 Å². The Kier molecular flexibility index (Phi) is 8.98. The third kappa shape index (κ3) is 6.04. The van der Waals surface area contributed by atoms with E-state index in [1.165, 1.54) is 12.8 Å². The van der Waals surface area contributed by atoms with Crippen LogP contribution in [0.25, 0.3) is 5.69 Å². The molecule has 1 aromatic carbocycles. The van der Waals surface area contributed by atoms with Crippen LogP contribution >= 0.6 is 24.0 Å². The normalized spacial score (nSPS) is 15.2. The van der Waals surface area contributed by atoms with Crippen LogP contribution in [0.3, 0.4) is 0 Å². The van der Waals surface area contributed by atoms with E-state index in [2.05, 4.69) is 25.6 Å². The molecule has 9 heteroatoms. The number of ether oxygens (including phenoxy) is 1. The number of rotatable bonds is 8. The number of hydrogen-bond donors (Lipinski definition) is 2. The third-order valence-electron chi connectivity index (χ3n) is 5.56. The second-order valence-electron chi connectivity index (χ2n) is 7.53. The molecule has 0 saturated carbocycles. The average Bonchev–Trinajstić information content (AvgIpc) is 3.59. The lowest BCUT2D eigenvalue weighted by Crippen LogP contribution is -2.42. The number of furan rings is 1. The highest BCUT2D eigenvalue weighted by atomic mass is 127. The number of hydrogen-bond acceptors (Lipinski definition) is 5. The van der Waals surface area contributed by atoms with E-state index >= 15 is 0 Å². The van der Waals surface area contributed by atoms with Gasteiger partial charge in [0.1, 0.15) is 11.5 Å². The number of methoxy groups -OCH3 is 1. The molecule has 0 radical (unpaired) electrons. The first-order chi connectivity index (χ1) is 15.3. The highest BCUT2D eigenvalue weighted by Crippen LogP contribution is 2.24. The predicted octanol–water partition coefficient (Wildman–Crippen LogP) is 3.59. The molecule has 1 aliphatic rings. The Morgan fingerprint density at radius 3 is 2.59 bits per heavy atom. The molecule has 1 unspecified atom stereocenters. The minimum atomic E-state index is 0. The Hall–Kier alpha value is -2.53. The van der Waals surface area contributed by atoms with Crippen molar-refractivity contribution in [2.75, 3.05) is 33.8 Å². The van der Waals surface area contributed by atoms with E-state index in [1.807, 2.05) is 53.3 Å². The van der Waals surface area contributed by atoms with E-state index in [9.17, 15) is 0 Å². The number of aliphatic imine (C=N–C) groups is 1. The molecule has 2 aromatic heterocycles. The van der Waals surface area contributed by atoms with Gasteiger partial charge in [-0.25, -0.2) is 4.68 Å². The predicted molar refractivity (Wildman–Crippen MR) is 136 cm³/mol. The van der Waals surface area contributed by atoms with Crippen molar-refractivity contribution in [1.82, 2.24) is 25.3 Å². The van der Waals surface area contributed by atoms with Gasteiger partial charge in [0.2, 0.25) is 0 Å². The number of aromatic nitrogens is 2. The zero-order valence-electron chi connectivity index (χ0n) is 18.5. The Morgan fingerprint density at radius 2 is 1.94 bits per heavy atom. The van der Waals surface area contributed by atoms with E-state index < -0.39 is 0 Å². The summed E-state index contributed by atoms with van der Waals surface area (Å²) in [5, 5.41) is 11.4. The molecule has 2 N–H and O–H groups in total. The molecule has 0 amide bonds. The van der Waals surface area contributed by atoms with Gasteiger partial charge >= 0.3 is 0 Å². The lowest BCUT2D eigenvalue weighted by molar-refractivity contribution is 0.215. The lowest BCUT2D eigenvalue weighted by Gasteiger charge is -2.26. The molecule has 0 spiro atoms. The number of nitrogens with one attached hydrogen (secondary N) is 2. The molecular formula is C23H31IN6O2. The second kappa shape index (κ2) is 11.9. The summed E-state index contributed by atoms with van der Waals surface area (Å²) in [7, 11) is 3.44. The van der Waals surface area contributed by atoms with Crippen molar-refractivity contribution in [2.24, 2.45) is 4.99 Å². The number of halogens is 1. The number of benzene rings is 1. The molecule has 1 aliphatic heterocycles. The average molecular weight is 550 g/mol. The standard InChI is InChI=1S/C23H30N6O2.HI/c1-24-23(26-17-21(22-6-5-15-31-22)28-12-3-4-13-28)25-16-18-11-14-29(27-18)19-7-9-20(30-2)10-8-19;/h5-11,14-15,21H,3-4,12-13,16-17H2,1-2H3,(H2,24,25,26);1H. The van der Waals surface area contributed by atoms with Crippen molar-refractivity contribution in [3.05, 3.63) is 66.4 Å². The zero-order valence-corrected chi connectivity index (χ0v) is 20.9. The summed E-state index contributed by atoms with van der Waals surface area (Å²) < 4.78 is 12.8. The minimum absolute atomic E-state index is 0. The van der Waals surface area contributed by atoms with Gasteiger partial charge in [-0.05, 0) is 68.4 Å².